The van der Waals surface area contributed by atoms with Gasteiger partial charge in [-0.05, 0) is 36.8 Å². The van der Waals surface area contributed by atoms with Crippen LogP contribution in [0.25, 0.3) is 0 Å². The van der Waals surface area contributed by atoms with Crippen molar-refractivity contribution < 1.29 is 28.8 Å². The molecule has 0 saturated heterocycles. The lowest BCUT2D eigenvalue weighted by Gasteiger charge is -2.22. The standard InChI is InChI=1S/C25H19N3O7/c1-15(16-6-3-2-4-7-16)27-23(30)20-11-10-17(12-21(20)24(27)31)25(32)35-14-22(29)26-18-8-5-9-19(13-18)28(33)34/h2-13,15H,14H2,1H3,(H,26,29)/t15-/m0/s1. The molecule has 0 aliphatic carbocycles. The maximum absolute atomic E-state index is 13.0. The van der Waals surface area contributed by atoms with E-state index in [1.54, 1.807) is 6.92 Å². The zero-order valence-corrected chi connectivity index (χ0v) is 18.5. The zero-order valence-electron chi connectivity index (χ0n) is 18.5. The Balaban J connectivity index is 1.42. The van der Waals surface area contributed by atoms with Crippen LogP contribution in [-0.2, 0) is 9.53 Å². The van der Waals surface area contributed by atoms with Crippen molar-refractivity contribution in [2.24, 2.45) is 0 Å². The molecule has 1 N–H and O–H groups in total. The van der Waals surface area contributed by atoms with Crippen LogP contribution in [0.2, 0.25) is 0 Å². The number of nitrogens with one attached hydrogen (secondary N) is 1. The number of amides is 3. The van der Waals surface area contributed by atoms with E-state index in [1.807, 2.05) is 30.3 Å². The maximum atomic E-state index is 13.0. The number of carbonyl (C=O) groups excluding carboxylic acids is 4. The molecule has 176 valence electrons. The Morgan fingerprint density at radius 1 is 0.971 bits per heavy atom. The molecular weight excluding hydrogens is 454 g/mol. The average molecular weight is 473 g/mol. The predicted molar refractivity (Wildman–Crippen MR) is 124 cm³/mol. The lowest BCUT2D eigenvalue weighted by atomic mass is 10.1. The fraction of sp³-hybridized carbons (Fsp3) is 0.120. The van der Waals surface area contributed by atoms with Crippen LogP contribution in [-0.4, -0.2) is 40.1 Å². The van der Waals surface area contributed by atoms with E-state index in [0.717, 1.165) is 10.5 Å². The molecule has 10 nitrogen and oxygen atoms in total. The molecular formula is C25H19N3O7. The summed E-state index contributed by atoms with van der Waals surface area (Å²) in [5.74, 6) is -2.55. The third-order valence-electron chi connectivity index (χ3n) is 5.50. The van der Waals surface area contributed by atoms with E-state index in [9.17, 15) is 29.3 Å². The number of benzene rings is 3. The van der Waals surface area contributed by atoms with E-state index in [1.165, 1.54) is 42.5 Å². The van der Waals surface area contributed by atoms with E-state index >= 15 is 0 Å². The number of ether oxygens (including phenoxy) is 1. The monoisotopic (exact) mass is 473 g/mol. The Morgan fingerprint density at radius 2 is 1.69 bits per heavy atom. The summed E-state index contributed by atoms with van der Waals surface area (Å²) in [5.41, 5.74) is 1.02. The number of hydrogen-bond donors (Lipinski definition) is 1. The highest BCUT2D eigenvalue weighted by Gasteiger charge is 2.39. The number of nitrogens with zero attached hydrogens (tertiary/aromatic N) is 2. The van der Waals surface area contributed by atoms with Crippen LogP contribution >= 0.6 is 0 Å². The van der Waals surface area contributed by atoms with Crippen LogP contribution < -0.4 is 5.32 Å². The van der Waals surface area contributed by atoms with E-state index in [-0.39, 0.29) is 28.1 Å². The van der Waals surface area contributed by atoms with E-state index in [2.05, 4.69) is 5.32 Å². The SMILES string of the molecule is C[C@@H](c1ccccc1)N1C(=O)c2ccc(C(=O)OCC(=O)Nc3cccc([N+](=O)[O-])c3)cc2C1=O. The number of anilines is 1. The zero-order chi connectivity index (χ0) is 25.1. The molecule has 0 unspecified atom stereocenters. The normalized spacial score (nSPS) is 13.2. The number of nitro benzene ring substituents is 1. The molecule has 1 aliphatic heterocycles. The molecule has 1 atom stereocenters. The smallest absolute Gasteiger partial charge is 0.338 e. The molecule has 0 fully saturated rings. The Morgan fingerprint density at radius 3 is 2.40 bits per heavy atom. The van der Waals surface area contributed by atoms with Gasteiger partial charge in [-0.2, -0.15) is 0 Å². The minimum absolute atomic E-state index is 0.00210. The van der Waals surface area contributed by atoms with Crippen LogP contribution in [0.3, 0.4) is 0 Å². The first-order valence-corrected chi connectivity index (χ1v) is 10.5. The van der Waals surface area contributed by atoms with Gasteiger partial charge in [-0.15, -0.1) is 0 Å². The summed E-state index contributed by atoms with van der Waals surface area (Å²) in [6.45, 7) is 1.09. The number of carbonyl (C=O) groups is 4. The van der Waals surface area contributed by atoms with Gasteiger partial charge < -0.3 is 10.1 Å². The van der Waals surface area contributed by atoms with E-state index in [4.69, 9.17) is 4.74 Å². The highest BCUT2D eigenvalue weighted by Crippen LogP contribution is 2.31. The Hall–Kier alpha value is -4.86. The average Bonchev–Trinajstić information content (AvgIpc) is 3.12. The fourth-order valence-corrected chi connectivity index (χ4v) is 3.73. The van der Waals surface area contributed by atoms with Crippen molar-refractivity contribution in [2.45, 2.75) is 13.0 Å². The summed E-state index contributed by atoms with van der Waals surface area (Å²) in [4.78, 5) is 61.8. The van der Waals surface area contributed by atoms with Crippen molar-refractivity contribution >= 4 is 35.1 Å². The largest absolute Gasteiger partial charge is 0.452 e. The summed E-state index contributed by atoms with van der Waals surface area (Å²) in [7, 11) is 0. The maximum Gasteiger partial charge on any atom is 0.338 e. The lowest BCUT2D eigenvalue weighted by Crippen LogP contribution is -2.32. The molecule has 0 spiro atoms. The molecule has 0 aromatic heterocycles. The van der Waals surface area contributed by atoms with Gasteiger partial charge in [-0.1, -0.05) is 36.4 Å². The number of nitro groups is 1. The van der Waals surface area contributed by atoms with Gasteiger partial charge >= 0.3 is 5.97 Å². The molecule has 0 radical (unpaired) electrons. The second-order valence-corrected chi connectivity index (χ2v) is 7.76. The number of fused-ring (bicyclic) bond motifs is 1. The van der Waals surface area contributed by atoms with Crippen molar-refractivity contribution in [3.8, 4) is 0 Å². The van der Waals surface area contributed by atoms with Crippen LogP contribution in [0, 0.1) is 10.1 Å². The van der Waals surface area contributed by atoms with Gasteiger partial charge in [-0.3, -0.25) is 29.4 Å². The third kappa shape index (κ3) is 4.76. The highest BCUT2D eigenvalue weighted by molar-refractivity contribution is 6.22. The molecule has 1 aliphatic rings. The minimum Gasteiger partial charge on any atom is -0.452 e. The topological polar surface area (TPSA) is 136 Å². The minimum atomic E-state index is -0.864. The molecule has 35 heavy (non-hydrogen) atoms. The van der Waals surface area contributed by atoms with Crippen LogP contribution in [0.5, 0.6) is 0 Å². The van der Waals surface area contributed by atoms with Crippen molar-refractivity contribution in [3.63, 3.8) is 0 Å². The summed E-state index contributed by atoms with van der Waals surface area (Å²) in [6, 6.07) is 17.9. The molecule has 0 saturated carbocycles. The second-order valence-electron chi connectivity index (χ2n) is 7.76. The third-order valence-corrected chi connectivity index (χ3v) is 5.50. The van der Waals surface area contributed by atoms with Crippen LogP contribution in [0.4, 0.5) is 11.4 Å². The lowest BCUT2D eigenvalue weighted by molar-refractivity contribution is -0.384. The molecule has 3 amide bonds. The molecule has 10 heteroatoms. The van der Waals surface area contributed by atoms with E-state index < -0.39 is 41.3 Å². The van der Waals surface area contributed by atoms with Crippen molar-refractivity contribution in [1.29, 1.82) is 0 Å². The molecule has 3 aromatic rings. The predicted octanol–water partition coefficient (Wildman–Crippen LogP) is 3.75. The first-order valence-electron chi connectivity index (χ1n) is 10.5. The summed E-state index contributed by atoms with van der Waals surface area (Å²) in [6.07, 6.45) is 0. The Kier molecular flexibility index (Phi) is 6.36. The summed E-state index contributed by atoms with van der Waals surface area (Å²) >= 11 is 0. The van der Waals surface area contributed by atoms with Crippen LogP contribution in [0.1, 0.15) is 49.6 Å². The number of rotatable bonds is 7. The van der Waals surface area contributed by atoms with Gasteiger partial charge in [0.25, 0.3) is 23.4 Å². The van der Waals surface area contributed by atoms with Crippen molar-refractivity contribution in [2.75, 3.05) is 11.9 Å². The van der Waals surface area contributed by atoms with Crippen LogP contribution in [0.15, 0.2) is 72.8 Å². The molecule has 1 heterocycles. The van der Waals surface area contributed by atoms with Gasteiger partial charge in [0, 0.05) is 17.8 Å². The fourth-order valence-electron chi connectivity index (χ4n) is 3.73. The van der Waals surface area contributed by atoms with E-state index in [0.29, 0.717) is 0 Å². The second kappa shape index (κ2) is 9.56. The van der Waals surface area contributed by atoms with Gasteiger partial charge in [0.15, 0.2) is 6.61 Å². The number of hydrogen-bond acceptors (Lipinski definition) is 7. The van der Waals surface area contributed by atoms with Crippen molar-refractivity contribution in [1.82, 2.24) is 4.90 Å². The summed E-state index contributed by atoms with van der Waals surface area (Å²) in [5, 5.41) is 13.2. The van der Waals surface area contributed by atoms with Gasteiger partial charge in [0.05, 0.1) is 27.7 Å². The Labute approximate surface area is 199 Å². The first-order chi connectivity index (χ1) is 16.8. The molecule has 3 aromatic carbocycles. The number of non-ortho nitro benzene ring substituents is 1. The van der Waals surface area contributed by atoms with Crippen molar-refractivity contribution in [3.05, 3.63) is 105 Å². The number of imide groups is 1. The quantitative estimate of drug-likeness (QED) is 0.239. The van der Waals surface area contributed by atoms with Gasteiger partial charge in [0.2, 0.25) is 0 Å². The molecule has 0 bridgehead atoms. The highest BCUT2D eigenvalue weighted by atomic mass is 16.6. The molecule has 4 rings (SSSR count). The number of esters is 1. The van der Waals surface area contributed by atoms with Gasteiger partial charge in [0.1, 0.15) is 0 Å². The van der Waals surface area contributed by atoms with Gasteiger partial charge in [-0.25, -0.2) is 4.79 Å². The first kappa shape index (κ1) is 23.3. The Bertz CT molecular complexity index is 1350. The summed E-state index contributed by atoms with van der Waals surface area (Å²) < 4.78 is 5.01.